The molecule has 0 spiro atoms. The van der Waals surface area contributed by atoms with E-state index in [4.69, 9.17) is 0 Å². The fourth-order valence-electron chi connectivity index (χ4n) is 2.59. The molecule has 2 aromatic carbocycles. The number of hydrogen-bond donors (Lipinski definition) is 2. The van der Waals surface area contributed by atoms with Gasteiger partial charge in [-0.3, -0.25) is 4.79 Å². The Hall–Kier alpha value is -2.18. The number of amides is 1. The van der Waals surface area contributed by atoms with E-state index < -0.39 is 10.0 Å². The Morgan fingerprint density at radius 1 is 0.923 bits per heavy atom. The molecular formula is C20H26N2O3S. The van der Waals surface area contributed by atoms with Crippen molar-refractivity contribution in [2.75, 3.05) is 6.54 Å². The predicted octanol–water partition coefficient (Wildman–Crippen LogP) is 2.91. The summed E-state index contributed by atoms with van der Waals surface area (Å²) in [7, 11) is -3.60. The molecule has 5 nitrogen and oxygen atoms in total. The molecule has 2 N–H and O–H groups in total. The van der Waals surface area contributed by atoms with Crippen molar-refractivity contribution in [2.45, 2.75) is 45.6 Å². The Kier molecular flexibility index (Phi) is 6.56. The number of sulfonamides is 1. The lowest BCUT2D eigenvalue weighted by Crippen LogP contribution is -2.30. The molecule has 0 saturated heterocycles. The summed E-state index contributed by atoms with van der Waals surface area (Å²) in [5.41, 5.74) is 5.31. The fourth-order valence-corrected chi connectivity index (χ4v) is 3.71. The number of rotatable bonds is 7. The van der Waals surface area contributed by atoms with Crippen molar-refractivity contribution in [1.82, 2.24) is 10.0 Å². The SMILES string of the molecule is Cc1ccc(CNC(=O)CCNS(=O)(=O)c2ccc(C)c(C)c2)c(C)c1. The fraction of sp³-hybridized carbons (Fsp3) is 0.350. The zero-order chi connectivity index (χ0) is 19.3. The van der Waals surface area contributed by atoms with Crippen molar-refractivity contribution in [1.29, 1.82) is 0 Å². The molecule has 2 rings (SSSR count). The molecule has 0 radical (unpaired) electrons. The van der Waals surface area contributed by atoms with E-state index in [1.54, 1.807) is 18.2 Å². The number of carbonyl (C=O) groups excluding carboxylic acids is 1. The maximum atomic E-state index is 12.3. The van der Waals surface area contributed by atoms with Crippen LogP contribution < -0.4 is 10.0 Å². The summed E-state index contributed by atoms with van der Waals surface area (Å²) in [6, 6.07) is 11.1. The molecular weight excluding hydrogens is 348 g/mol. The van der Waals surface area contributed by atoms with Gasteiger partial charge in [-0.25, -0.2) is 13.1 Å². The van der Waals surface area contributed by atoms with Crippen LogP contribution in [0.25, 0.3) is 0 Å². The zero-order valence-electron chi connectivity index (χ0n) is 15.7. The summed E-state index contributed by atoms with van der Waals surface area (Å²) >= 11 is 0. The van der Waals surface area contributed by atoms with Crippen LogP contribution in [0.1, 0.15) is 34.2 Å². The molecule has 0 aliphatic heterocycles. The zero-order valence-corrected chi connectivity index (χ0v) is 16.5. The van der Waals surface area contributed by atoms with Gasteiger partial charge in [0.2, 0.25) is 15.9 Å². The first-order valence-corrected chi connectivity index (χ1v) is 10.1. The second-order valence-corrected chi connectivity index (χ2v) is 8.37. The molecule has 0 bridgehead atoms. The maximum absolute atomic E-state index is 12.3. The number of carbonyl (C=O) groups is 1. The van der Waals surface area contributed by atoms with Gasteiger partial charge in [-0.2, -0.15) is 0 Å². The van der Waals surface area contributed by atoms with Gasteiger partial charge in [0.15, 0.2) is 0 Å². The summed E-state index contributed by atoms with van der Waals surface area (Å²) in [6.07, 6.45) is 0.0922. The average Bonchev–Trinajstić information content (AvgIpc) is 2.56. The summed E-state index contributed by atoms with van der Waals surface area (Å²) in [6.45, 7) is 8.33. The van der Waals surface area contributed by atoms with Crippen molar-refractivity contribution in [3.05, 3.63) is 64.2 Å². The molecule has 0 atom stereocenters. The minimum absolute atomic E-state index is 0.0635. The van der Waals surface area contributed by atoms with Gasteiger partial charge in [0, 0.05) is 19.5 Å². The number of nitrogens with one attached hydrogen (secondary N) is 2. The molecule has 0 saturated carbocycles. The summed E-state index contributed by atoms with van der Waals surface area (Å²) in [4.78, 5) is 12.2. The average molecular weight is 375 g/mol. The van der Waals surface area contributed by atoms with Crippen LogP contribution in [0.15, 0.2) is 41.3 Å². The quantitative estimate of drug-likeness (QED) is 0.782. The van der Waals surface area contributed by atoms with Crippen molar-refractivity contribution in [3.63, 3.8) is 0 Å². The van der Waals surface area contributed by atoms with E-state index >= 15 is 0 Å². The number of benzene rings is 2. The standard InChI is InChI=1S/C20H26N2O3S/c1-14-5-7-18(17(4)11-14)13-21-20(23)9-10-22-26(24,25)19-8-6-15(2)16(3)12-19/h5-8,11-12,22H,9-10,13H2,1-4H3,(H,21,23). The van der Waals surface area contributed by atoms with Crippen LogP contribution in [0.2, 0.25) is 0 Å². The lowest BCUT2D eigenvalue weighted by molar-refractivity contribution is -0.121. The first-order chi connectivity index (χ1) is 12.2. The van der Waals surface area contributed by atoms with Crippen LogP contribution in [0, 0.1) is 27.7 Å². The van der Waals surface area contributed by atoms with Crippen molar-refractivity contribution < 1.29 is 13.2 Å². The van der Waals surface area contributed by atoms with Gasteiger partial charge in [0.25, 0.3) is 0 Å². The second kappa shape index (κ2) is 8.47. The maximum Gasteiger partial charge on any atom is 0.240 e. The molecule has 0 heterocycles. The van der Waals surface area contributed by atoms with E-state index in [1.165, 1.54) is 5.56 Å². The van der Waals surface area contributed by atoms with Crippen molar-refractivity contribution in [3.8, 4) is 0 Å². The minimum atomic E-state index is -3.60. The molecule has 0 fully saturated rings. The van der Waals surface area contributed by atoms with E-state index in [0.29, 0.717) is 6.54 Å². The van der Waals surface area contributed by atoms with Crippen LogP contribution in [0.3, 0.4) is 0 Å². The Labute approximate surface area is 155 Å². The van der Waals surface area contributed by atoms with Crippen LogP contribution in [0.4, 0.5) is 0 Å². The highest BCUT2D eigenvalue weighted by atomic mass is 32.2. The van der Waals surface area contributed by atoms with Gasteiger partial charge in [-0.1, -0.05) is 29.8 Å². The molecule has 0 aliphatic rings. The van der Waals surface area contributed by atoms with E-state index in [-0.39, 0.29) is 23.8 Å². The second-order valence-electron chi connectivity index (χ2n) is 6.60. The third kappa shape index (κ3) is 5.41. The normalized spacial score (nSPS) is 11.4. The van der Waals surface area contributed by atoms with Crippen molar-refractivity contribution in [2.24, 2.45) is 0 Å². The molecule has 0 unspecified atom stereocenters. The van der Waals surface area contributed by atoms with Crippen LogP contribution in [-0.4, -0.2) is 20.9 Å². The lowest BCUT2D eigenvalue weighted by Gasteiger charge is -2.10. The Balaban J connectivity index is 1.84. The molecule has 1 amide bonds. The van der Waals surface area contributed by atoms with E-state index in [0.717, 1.165) is 22.3 Å². The van der Waals surface area contributed by atoms with Gasteiger partial charge < -0.3 is 5.32 Å². The molecule has 2 aromatic rings. The third-order valence-electron chi connectivity index (χ3n) is 4.41. The number of aryl methyl sites for hydroxylation is 4. The predicted molar refractivity (Wildman–Crippen MR) is 103 cm³/mol. The molecule has 26 heavy (non-hydrogen) atoms. The highest BCUT2D eigenvalue weighted by molar-refractivity contribution is 7.89. The van der Waals surface area contributed by atoms with Gasteiger partial charge >= 0.3 is 0 Å². The molecule has 0 aliphatic carbocycles. The molecule has 0 aromatic heterocycles. The smallest absolute Gasteiger partial charge is 0.240 e. The lowest BCUT2D eigenvalue weighted by atomic mass is 10.1. The van der Waals surface area contributed by atoms with E-state index in [1.807, 2.05) is 39.8 Å². The molecule has 6 heteroatoms. The van der Waals surface area contributed by atoms with Crippen LogP contribution in [0.5, 0.6) is 0 Å². The molecule has 140 valence electrons. The third-order valence-corrected chi connectivity index (χ3v) is 5.87. The largest absolute Gasteiger partial charge is 0.352 e. The first kappa shape index (κ1) is 20.1. The highest BCUT2D eigenvalue weighted by Gasteiger charge is 2.15. The Morgan fingerprint density at radius 2 is 1.65 bits per heavy atom. The summed E-state index contributed by atoms with van der Waals surface area (Å²) in [5.74, 6) is -0.187. The summed E-state index contributed by atoms with van der Waals surface area (Å²) < 4.78 is 27.1. The Morgan fingerprint density at radius 3 is 2.31 bits per heavy atom. The highest BCUT2D eigenvalue weighted by Crippen LogP contribution is 2.14. The van der Waals surface area contributed by atoms with Gasteiger partial charge in [-0.15, -0.1) is 0 Å². The topological polar surface area (TPSA) is 75.3 Å². The monoisotopic (exact) mass is 374 g/mol. The van der Waals surface area contributed by atoms with Crippen LogP contribution in [-0.2, 0) is 21.4 Å². The van der Waals surface area contributed by atoms with Crippen LogP contribution >= 0.6 is 0 Å². The first-order valence-electron chi connectivity index (χ1n) is 8.59. The Bertz CT molecular complexity index is 905. The van der Waals surface area contributed by atoms with E-state index in [2.05, 4.69) is 16.1 Å². The number of hydrogen-bond acceptors (Lipinski definition) is 3. The van der Waals surface area contributed by atoms with Gasteiger partial charge in [0.05, 0.1) is 4.90 Å². The minimum Gasteiger partial charge on any atom is -0.352 e. The summed E-state index contributed by atoms with van der Waals surface area (Å²) in [5, 5.41) is 2.83. The van der Waals surface area contributed by atoms with Gasteiger partial charge in [-0.05, 0) is 62.1 Å². The van der Waals surface area contributed by atoms with Gasteiger partial charge in [0.1, 0.15) is 0 Å². The van der Waals surface area contributed by atoms with Crippen molar-refractivity contribution >= 4 is 15.9 Å². The van der Waals surface area contributed by atoms with E-state index in [9.17, 15) is 13.2 Å².